The monoisotopic (exact) mass is 504 g/mol. The second-order valence-corrected chi connectivity index (χ2v) is 7.44. The van der Waals surface area contributed by atoms with E-state index in [2.05, 4.69) is 10.3 Å². The predicted molar refractivity (Wildman–Crippen MR) is 122 cm³/mol. The molecule has 0 saturated carbocycles. The molecule has 3 aromatic rings. The van der Waals surface area contributed by atoms with Gasteiger partial charge in [-0.2, -0.15) is 13.2 Å². The SMILES string of the molecule is Cl.Cl.O=C(c1cc([N+](=O)[O-])cc(C(F)(F)F)c1)N1CCNCC1Cc1c[nH]c2ccccc12. The number of nitrogens with zero attached hydrogens (tertiary/aromatic N) is 2. The number of fused-ring (bicyclic) bond motifs is 1. The van der Waals surface area contributed by atoms with Crippen LogP contribution in [0.3, 0.4) is 0 Å². The molecule has 1 fully saturated rings. The highest BCUT2D eigenvalue weighted by Gasteiger charge is 2.35. The molecule has 1 aliphatic heterocycles. The van der Waals surface area contributed by atoms with Crippen molar-refractivity contribution in [3.05, 3.63) is 75.5 Å². The number of H-pyrrole nitrogens is 1. The molecule has 0 aliphatic carbocycles. The number of hydrogen-bond donors (Lipinski definition) is 2. The lowest BCUT2D eigenvalue weighted by atomic mass is 10.0. The molecule has 2 aromatic carbocycles. The Labute approximate surface area is 199 Å². The number of carbonyl (C=O) groups is 1. The Balaban J connectivity index is 0.00000193. The molecule has 0 radical (unpaired) electrons. The number of piperazine rings is 1. The summed E-state index contributed by atoms with van der Waals surface area (Å²) in [5, 5.41) is 15.3. The minimum Gasteiger partial charge on any atom is -0.361 e. The van der Waals surface area contributed by atoms with Gasteiger partial charge in [-0.25, -0.2) is 0 Å². The standard InChI is InChI=1S/C21H19F3N4O3.2ClH/c22-21(23,24)15-7-13(8-16(10-15)28(30)31)20(29)27-6-5-25-12-17(27)9-14-11-26-19-4-2-1-3-18(14)19;;/h1-4,7-8,10-11,17,25-26H,5-6,9,12H2;2*1H. The van der Waals surface area contributed by atoms with E-state index in [0.717, 1.165) is 22.5 Å². The zero-order chi connectivity index (χ0) is 22.2. The van der Waals surface area contributed by atoms with Crippen molar-refractivity contribution in [2.24, 2.45) is 0 Å². The van der Waals surface area contributed by atoms with Gasteiger partial charge in [-0.3, -0.25) is 14.9 Å². The molecule has 1 aromatic heterocycles. The molecule has 1 aliphatic rings. The predicted octanol–water partition coefficient (Wildman–Crippen LogP) is 4.60. The van der Waals surface area contributed by atoms with Gasteiger partial charge in [-0.15, -0.1) is 24.8 Å². The summed E-state index contributed by atoms with van der Waals surface area (Å²) in [4.78, 5) is 28.0. The zero-order valence-electron chi connectivity index (χ0n) is 17.1. The number of amides is 1. The van der Waals surface area contributed by atoms with E-state index in [4.69, 9.17) is 0 Å². The number of nitrogens with one attached hydrogen (secondary N) is 2. The van der Waals surface area contributed by atoms with Crippen LogP contribution in [0.5, 0.6) is 0 Å². The van der Waals surface area contributed by atoms with E-state index < -0.39 is 28.3 Å². The average Bonchev–Trinajstić information content (AvgIpc) is 3.15. The van der Waals surface area contributed by atoms with Crippen LogP contribution in [0.25, 0.3) is 10.9 Å². The van der Waals surface area contributed by atoms with E-state index >= 15 is 0 Å². The lowest BCUT2D eigenvalue weighted by Crippen LogP contribution is -2.54. The Morgan fingerprint density at radius 2 is 1.91 bits per heavy atom. The number of non-ortho nitro benzene ring substituents is 1. The van der Waals surface area contributed by atoms with Gasteiger partial charge in [-0.1, -0.05) is 18.2 Å². The zero-order valence-corrected chi connectivity index (χ0v) is 18.7. The fraction of sp³-hybridized carbons (Fsp3) is 0.286. The summed E-state index contributed by atoms with van der Waals surface area (Å²) in [5.74, 6) is -0.652. The minimum absolute atomic E-state index is 0. The molecule has 1 amide bonds. The summed E-state index contributed by atoms with van der Waals surface area (Å²) in [7, 11) is 0. The van der Waals surface area contributed by atoms with E-state index in [-0.39, 0.29) is 43.0 Å². The van der Waals surface area contributed by atoms with E-state index in [0.29, 0.717) is 31.6 Å². The van der Waals surface area contributed by atoms with Crippen LogP contribution in [0, 0.1) is 10.1 Å². The van der Waals surface area contributed by atoms with E-state index in [1.807, 2.05) is 30.5 Å². The fourth-order valence-corrected chi connectivity index (χ4v) is 3.93. The van der Waals surface area contributed by atoms with Gasteiger partial charge in [0.15, 0.2) is 0 Å². The topological polar surface area (TPSA) is 91.3 Å². The molecule has 0 spiro atoms. The maximum atomic E-state index is 13.2. The number of para-hydroxylation sites is 1. The van der Waals surface area contributed by atoms with Crippen LogP contribution in [0.2, 0.25) is 0 Å². The number of aromatic amines is 1. The average molecular weight is 505 g/mol. The number of halogens is 5. The van der Waals surface area contributed by atoms with Gasteiger partial charge in [0, 0.05) is 60.5 Å². The highest BCUT2D eigenvalue weighted by molar-refractivity contribution is 5.95. The Morgan fingerprint density at radius 1 is 1.18 bits per heavy atom. The number of rotatable bonds is 4. The van der Waals surface area contributed by atoms with Crippen LogP contribution < -0.4 is 5.32 Å². The van der Waals surface area contributed by atoms with Gasteiger partial charge in [-0.05, 0) is 24.1 Å². The molecule has 1 saturated heterocycles. The first-order chi connectivity index (χ1) is 14.7. The third kappa shape index (κ3) is 5.58. The second kappa shape index (κ2) is 10.4. The van der Waals surface area contributed by atoms with Crippen molar-refractivity contribution in [1.29, 1.82) is 0 Å². The van der Waals surface area contributed by atoms with Crippen LogP contribution in [0.4, 0.5) is 18.9 Å². The number of benzene rings is 2. The first kappa shape index (κ1) is 26.4. The van der Waals surface area contributed by atoms with Gasteiger partial charge in [0.05, 0.1) is 10.5 Å². The second-order valence-electron chi connectivity index (χ2n) is 7.44. The van der Waals surface area contributed by atoms with E-state index in [1.165, 1.54) is 4.90 Å². The van der Waals surface area contributed by atoms with Crippen LogP contribution in [0.15, 0.2) is 48.7 Å². The number of hydrogen-bond acceptors (Lipinski definition) is 4. The molecular weight excluding hydrogens is 484 g/mol. The van der Waals surface area contributed by atoms with Gasteiger partial charge in [0.2, 0.25) is 0 Å². The summed E-state index contributed by atoms with van der Waals surface area (Å²) < 4.78 is 39.7. The molecule has 2 heterocycles. The maximum Gasteiger partial charge on any atom is 0.416 e. The lowest BCUT2D eigenvalue weighted by Gasteiger charge is -2.36. The smallest absolute Gasteiger partial charge is 0.361 e. The third-order valence-electron chi connectivity index (χ3n) is 5.44. The van der Waals surface area contributed by atoms with Crippen LogP contribution in [-0.2, 0) is 12.6 Å². The number of aromatic nitrogens is 1. The van der Waals surface area contributed by atoms with Gasteiger partial charge >= 0.3 is 6.18 Å². The molecule has 2 N–H and O–H groups in total. The third-order valence-corrected chi connectivity index (χ3v) is 5.44. The van der Waals surface area contributed by atoms with Crippen molar-refractivity contribution in [3.63, 3.8) is 0 Å². The van der Waals surface area contributed by atoms with Gasteiger partial charge in [0.1, 0.15) is 0 Å². The maximum absolute atomic E-state index is 13.2. The van der Waals surface area contributed by atoms with Crippen molar-refractivity contribution < 1.29 is 22.9 Å². The van der Waals surface area contributed by atoms with Crippen molar-refractivity contribution >= 4 is 47.3 Å². The molecule has 33 heavy (non-hydrogen) atoms. The first-order valence-electron chi connectivity index (χ1n) is 9.67. The Hall–Kier alpha value is -2.82. The molecular formula is C21H21Cl2F3N4O3. The highest BCUT2D eigenvalue weighted by Crippen LogP contribution is 2.33. The summed E-state index contributed by atoms with van der Waals surface area (Å²) in [6, 6.07) is 9.42. The number of alkyl halides is 3. The Morgan fingerprint density at radius 3 is 2.61 bits per heavy atom. The molecule has 1 atom stereocenters. The largest absolute Gasteiger partial charge is 0.416 e. The summed E-state index contributed by atoms with van der Waals surface area (Å²) in [5.41, 5.74) is -0.382. The molecule has 12 heteroatoms. The minimum atomic E-state index is -4.80. The van der Waals surface area contributed by atoms with Crippen molar-refractivity contribution in [1.82, 2.24) is 15.2 Å². The number of carbonyl (C=O) groups excluding carboxylic acids is 1. The summed E-state index contributed by atoms with van der Waals surface area (Å²) >= 11 is 0. The summed E-state index contributed by atoms with van der Waals surface area (Å²) in [6.45, 7) is 1.24. The fourth-order valence-electron chi connectivity index (χ4n) is 3.93. The van der Waals surface area contributed by atoms with Crippen molar-refractivity contribution in [2.45, 2.75) is 18.6 Å². The highest BCUT2D eigenvalue weighted by atomic mass is 35.5. The summed E-state index contributed by atoms with van der Waals surface area (Å²) in [6.07, 6.45) is -2.45. The van der Waals surface area contributed by atoms with E-state index in [1.54, 1.807) is 0 Å². The van der Waals surface area contributed by atoms with Crippen molar-refractivity contribution in [2.75, 3.05) is 19.6 Å². The van der Waals surface area contributed by atoms with Crippen LogP contribution in [-0.4, -0.2) is 46.4 Å². The first-order valence-corrected chi connectivity index (χ1v) is 9.67. The Bertz CT molecular complexity index is 1150. The Kier molecular flexibility index (Phi) is 8.34. The quantitative estimate of drug-likeness (QED) is 0.401. The van der Waals surface area contributed by atoms with Crippen molar-refractivity contribution in [3.8, 4) is 0 Å². The van der Waals surface area contributed by atoms with E-state index in [9.17, 15) is 28.1 Å². The number of nitro benzene ring substituents is 1. The molecule has 7 nitrogen and oxygen atoms in total. The van der Waals surface area contributed by atoms with Crippen LogP contribution in [0.1, 0.15) is 21.5 Å². The van der Waals surface area contributed by atoms with Gasteiger partial charge < -0.3 is 15.2 Å². The lowest BCUT2D eigenvalue weighted by molar-refractivity contribution is -0.385. The van der Waals surface area contributed by atoms with Crippen LogP contribution >= 0.6 is 24.8 Å². The molecule has 4 rings (SSSR count). The molecule has 178 valence electrons. The number of nitro groups is 1. The van der Waals surface area contributed by atoms with Gasteiger partial charge in [0.25, 0.3) is 11.6 Å². The normalized spacial score (nSPS) is 16.1. The molecule has 1 unspecified atom stereocenters. The molecule has 0 bridgehead atoms.